The highest BCUT2D eigenvalue weighted by atomic mass is 32.2. The van der Waals surface area contributed by atoms with E-state index in [0.29, 0.717) is 50.4 Å². The Morgan fingerprint density at radius 1 is 1.08 bits per heavy atom. The number of hydrogen-bond acceptors (Lipinski definition) is 6. The minimum Gasteiger partial charge on any atom is -0.492 e. The summed E-state index contributed by atoms with van der Waals surface area (Å²) in [6.45, 7) is 5.76. The van der Waals surface area contributed by atoms with Crippen molar-refractivity contribution >= 4 is 21.9 Å². The minimum absolute atomic E-state index is 0.0160. The molecular formula is C24H28F3N3O6S. The Balaban J connectivity index is 0.000000479. The van der Waals surface area contributed by atoms with Crippen molar-refractivity contribution in [3.63, 3.8) is 0 Å². The van der Waals surface area contributed by atoms with Crippen molar-refractivity contribution in [3.8, 4) is 5.75 Å². The third-order valence-electron chi connectivity index (χ3n) is 6.32. The van der Waals surface area contributed by atoms with Crippen molar-refractivity contribution in [3.05, 3.63) is 54.4 Å². The minimum atomic E-state index is -5.08. The summed E-state index contributed by atoms with van der Waals surface area (Å²) in [6, 6.07) is 10.1. The van der Waals surface area contributed by atoms with Crippen LogP contribution in [0.15, 0.2) is 53.7 Å². The van der Waals surface area contributed by atoms with E-state index in [-0.39, 0.29) is 22.3 Å². The van der Waals surface area contributed by atoms with Gasteiger partial charge in [0.15, 0.2) is 0 Å². The topological polar surface area (TPSA) is 117 Å². The number of halogens is 3. The Morgan fingerprint density at radius 2 is 1.65 bits per heavy atom. The van der Waals surface area contributed by atoms with Crippen molar-refractivity contribution in [1.82, 2.24) is 14.2 Å². The Labute approximate surface area is 212 Å². The molecule has 1 fully saturated rings. The number of amides is 1. The lowest BCUT2D eigenvalue weighted by Crippen LogP contribution is -2.53. The standard InChI is InChI=1S/C22H27N3O4S.C2HF3O2/c1-17(2)25-15-22(16-29-19-5-3-4-6-20(19)30(25,27)28)9-13-24(14-10-22)21(26)18-7-11-23-12-8-18;3-2(4,5)1(6)7/h3-8,11-12,17H,9-10,13-16H2,1-2H3;(H,6,7). The normalized spacial score (nSPS) is 19.0. The molecule has 0 unspecified atom stereocenters. The fourth-order valence-corrected chi connectivity index (χ4v) is 6.11. The SMILES string of the molecule is CC(C)N1CC2(CCN(C(=O)c3ccncc3)CC2)COc2ccccc2S1(=O)=O.O=C(O)C(F)(F)F. The van der Waals surface area contributed by atoms with Gasteiger partial charge in [-0.3, -0.25) is 9.78 Å². The number of ether oxygens (including phenoxy) is 1. The summed E-state index contributed by atoms with van der Waals surface area (Å²) in [4.78, 5) is 27.7. The zero-order chi connectivity index (χ0) is 27.4. The first-order valence-electron chi connectivity index (χ1n) is 11.5. The largest absolute Gasteiger partial charge is 0.492 e. The molecule has 0 aliphatic carbocycles. The van der Waals surface area contributed by atoms with Gasteiger partial charge in [0.2, 0.25) is 10.0 Å². The summed E-state index contributed by atoms with van der Waals surface area (Å²) in [5.74, 6) is -2.37. The smallest absolute Gasteiger partial charge is 0.490 e. The van der Waals surface area contributed by atoms with Crippen molar-refractivity contribution in [1.29, 1.82) is 0 Å². The number of aliphatic carboxylic acids is 1. The van der Waals surface area contributed by atoms with Crippen LogP contribution in [0.5, 0.6) is 5.75 Å². The number of pyridine rings is 1. The van der Waals surface area contributed by atoms with E-state index in [1.165, 1.54) is 0 Å². The molecule has 13 heteroatoms. The summed E-state index contributed by atoms with van der Waals surface area (Å²) >= 11 is 0. The third kappa shape index (κ3) is 6.58. The van der Waals surface area contributed by atoms with Gasteiger partial charge in [0.1, 0.15) is 10.6 Å². The molecule has 3 heterocycles. The number of aromatic nitrogens is 1. The van der Waals surface area contributed by atoms with Gasteiger partial charge in [0.05, 0.1) is 6.61 Å². The molecule has 4 rings (SSSR count). The summed E-state index contributed by atoms with van der Waals surface area (Å²) in [6.07, 6.45) is -0.482. The molecule has 1 spiro atoms. The fraction of sp³-hybridized carbons (Fsp3) is 0.458. The van der Waals surface area contributed by atoms with E-state index in [1.54, 1.807) is 53.1 Å². The summed E-state index contributed by atoms with van der Waals surface area (Å²) in [5.41, 5.74) is 0.287. The van der Waals surface area contributed by atoms with Crippen LogP contribution in [0, 0.1) is 5.41 Å². The van der Waals surface area contributed by atoms with E-state index in [0.717, 1.165) is 0 Å². The highest BCUT2D eigenvalue weighted by Gasteiger charge is 2.44. The number of para-hydroxylation sites is 1. The van der Waals surface area contributed by atoms with Gasteiger partial charge in [-0.05, 0) is 51.0 Å². The number of fused-ring (bicyclic) bond motifs is 1. The number of carbonyl (C=O) groups is 2. The Bertz CT molecular complexity index is 1210. The molecule has 0 atom stereocenters. The summed E-state index contributed by atoms with van der Waals surface area (Å²) in [5, 5.41) is 7.12. The van der Waals surface area contributed by atoms with Gasteiger partial charge in [-0.15, -0.1) is 0 Å². The molecule has 2 aromatic rings. The van der Waals surface area contributed by atoms with Gasteiger partial charge in [0.25, 0.3) is 5.91 Å². The van der Waals surface area contributed by atoms with Crippen molar-refractivity contribution in [2.45, 2.75) is 43.8 Å². The van der Waals surface area contributed by atoms with E-state index in [1.807, 2.05) is 18.7 Å². The average Bonchev–Trinajstić information content (AvgIpc) is 2.86. The van der Waals surface area contributed by atoms with Gasteiger partial charge < -0.3 is 14.7 Å². The number of likely N-dealkylation sites (tertiary alicyclic amines) is 1. The maximum absolute atomic E-state index is 13.4. The number of carboxylic acids is 1. The number of piperidine rings is 1. The van der Waals surface area contributed by atoms with Gasteiger partial charge >= 0.3 is 12.1 Å². The van der Waals surface area contributed by atoms with Gasteiger partial charge in [-0.1, -0.05) is 12.1 Å². The van der Waals surface area contributed by atoms with E-state index in [4.69, 9.17) is 14.6 Å². The first-order chi connectivity index (χ1) is 17.3. The molecule has 1 aromatic carbocycles. The zero-order valence-corrected chi connectivity index (χ0v) is 21.1. The van der Waals surface area contributed by atoms with Crippen LogP contribution in [0.25, 0.3) is 0 Å². The summed E-state index contributed by atoms with van der Waals surface area (Å²) in [7, 11) is -3.67. The van der Waals surface area contributed by atoms with Crippen LogP contribution in [0.3, 0.4) is 0 Å². The maximum atomic E-state index is 13.4. The monoisotopic (exact) mass is 543 g/mol. The number of benzene rings is 1. The fourth-order valence-electron chi connectivity index (χ4n) is 4.22. The molecule has 202 valence electrons. The number of hydrogen-bond donors (Lipinski definition) is 1. The van der Waals surface area contributed by atoms with Crippen LogP contribution < -0.4 is 4.74 Å². The van der Waals surface area contributed by atoms with Crippen molar-refractivity contribution in [2.24, 2.45) is 5.41 Å². The van der Waals surface area contributed by atoms with Crippen LogP contribution in [0.4, 0.5) is 13.2 Å². The number of sulfonamides is 1. The van der Waals surface area contributed by atoms with E-state index < -0.39 is 22.2 Å². The molecule has 0 bridgehead atoms. The van der Waals surface area contributed by atoms with E-state index in [9.17, 15) is 26.4 Å². The Kier molecular flexibility index (Phi) is 8.48. The second-order valence-electron chi connectivity index (χ2n) is 9.21. The molecular weight excluding hydrogens is 515 g/mol. The number of alkyl halides is 3. The van der Waals surface area contributed by atoms with Crippen LogP contribution in [-0.4, -0.2) is 78.0 Å². The lowest BCUT2D eigenvalue weighted by atomic mass is 9.78. The second kappa shape index (κ2) is 11.1. The maximum Gasteiger partial charge on any atom is 0.490 e. The lowest BCUT2D eigenvalue weighted by Gasteiger charge is -2.45. The first kappa shape index (κ1) is 28.4. The highest BCUT2D eigenvalue weighted by Crippen LogP contribution is 2.40. The first-order valence-corrected chi connectivity index (χ1v) is 12.9. The number of carboxylic acid groups (broad SMARTS) is 1. The van der Waals surface area contributed by atoms with Crippen LogP contribution in [0.1, 0.15) is 37.0 Å². The molecule has 1 N–H and O–H groups in total. The number of rotatable bonds is 2. The van der Waals surface area contributed by atoms with Crippen molar-refractivity contribution in [2.75, 3.05) is 26.2 Å². The van der Waals surface area contributed by atoms with Crippen LogP contribution in [0.2, 0.25) is 0 Å². The average molecular weight is 544 g/mol. The summed E-state index contributed by atoms with van der Waals surface area (Å²) < 4.78 is 66.1. The van der Waals surface area contributed by atoms with Crippen LogP contribution >= 0.6 is 0 Å². The second-order valence-corrected chi connectivity index (χ2v) is 11.1. The van der Waals surface area contributed by atoms with Gasteiger partial charge in [0, 0.05) is 49.0 Å². The lowest BCUT2D eigenvalue weighted by molar-refractivity contribution is -0.192. The third-order valence-corrected chi connectivity index (χ3v) is 8.38. The highest BCUT2D eigenvalue weighted by molar-refractivity contribution is 7.89. The molecule has 37 heavy (non-hydrogen) atoms. The molecule has 2 aliphatic heterocycles. The van der Waals surface area contributed by atoms with E-state index >= 15 is 0 Å². The predicted octanol–water partition coefficient (Wildman–Crippen LogP) is 3.43. The Hall–Kier alpha value is -3.19. The van der Waals surface area contributed by atoms with Gasteiger partial charge in [-0.25, -0.2) is 13.2 Å². The number of nitrogens with zero attached hydrogens (tertiary/aromatic N) is 3. The quantitative estimate of drug-likeness (QED) is 0.617. The van der Waals surface area contributed by atoms with Gasteiger partial charge in [-0.2, -0.15) is 17.5 Å². The van der Waals surface area contributed by atoms with Crippen molar-refractivity contribution < 1.29 is 41.0 Å². The Morgan fingerprint density at radius 3 is 2.19 bits per heavy atom. The molecule has 1 amide bonds. The zero-order valence-electron chi connectivity index (χ0n) is 20.3. The molecule has 1 saturated heterocycles. The predicted molar refractivity (Wildman–Crippen MR) is 126 cm³/mol. The molecule has 0 saturated carbocycles. The molecule has 0 radical (unpaired) electrons. The molecule has 1 aromatic heterocycles. The van der Waals surface area contributed by atoms with Crippen LogP contribution in [-0.2, 0) is 14.8 Å². The molecule has 9 nitrogen and oxygen atoms in total. The number of carbonyl (C=O) groups excluding carboxylic acids is 1. The van der Waals surface area contributed by atoms with E-state index in [2.05, 4.69) is 4.98 Å². The molecule has 2 aliphatic rings.